The maximum atomic E-state index is 11.9. The minimum Gasteiger partial charge on any atom is -0.351 e. The highest BCUT2D eigenvalue weighted by molar-refractivity contribution is 5.92. The molecular formula is C14H25N5O. The van der Waals surface area contributed by atoms with Crippen molar-refractivity contribution in [1.82, 2.24) is 24.9 Å². The largest absolute Gasteiger partial charge is 0.351 e. The molecule has 2 rings (SSSR count). The van der Waals surface area contributed by atoms with Gasteiger partial charge >= 0.3 is 0 Å². The molecule has 112 valence electrons. The average Bonchev–Trinajstić information content (AvgIpc) is 2.94. The van der Waals surface area contributed by atoms with E-state index in [0.29, 0.717) is 12.2 Å². The second kappa shape index (κ2) is 7.40. The van der Waals surface area contributed by atoms with Crippen molar-refractivity contribution in [3.05, 3.63) is 18.0 Å². The van der Waals surface area contributed by atoms with E-state index in [1.165, 1.54) is 0 Å². The summed E-state index contributed by atoms with van der Waals surface area (Å²) in [5.74, 6) is -0.0735. The Morgan fingerprint density at radius 1 is 1.35 bits per heavy atom. The van der Waals surface area contributed by atoms with Crippen molar-refractivity contribution in [2.45, 2.75) is 19.9 Å². The Bertz CT molecular complexity index is 423. The van der Waals surface area contributed by atoms with E-state index in [-0.39, 0.29) is 5.91 Å². The summed E-state index contributed by atoms with van der Waals surface area (Å²) in [4.78, 5) is 16.7. The highest BCUT2D eigenvalue weighted by Crippen LogP contribution is 2.00. The van der Waals surface area contributed by atoms with Crippen LogP contribution >= 0.6 is 0 Å². The lowest BCUT2D eigenvalue weighted by atomic mass is 10.3. The third-order valence-electron chi connectivity index (χ3n) is 3.73. The van der Waals surface area contributed by atoms with Gasteiger partial charge in [-0.3, -0.25) is 9.48 Å². The predicted molar refractivity (Wildman–Crippen MR) is 78.8 cm³/mol. The van der Waals surface area contributed by atoms with Crippen LogP contribution in [0.2, 0.25) is 0 Å². The number of hydrogen-bond donors (Lipinski definition) is 1. The number of rotatable bonds is 6. The van der Waals surface area contributed by atoms with Gasteiger partial charge in [-0.15, -0.1) is 0 Å². The van der Waals surface area contributed by atoms with Gasteiger partial charge in [0.15, 0.2) is 0 Å². The van der Waals surface area contributed by atoms with Crippen LogP contribution in [0.3, 0.4) is 0 Å². The summed E-state index contributed by atoms with van der Waals surface area (Å²) in [7, 11) is 2.16. The normalized spacial score (nSPS) is 17.3. The molecule has 6 nitrogen and oxygen atoms in total. The van der Waals surface area contributed by atoms with Gasteiger partial charge in [-0.1, -0.05) is 0 Å². The lowest BCUT2D eigenvalue weighted by Gasteiger charge is -2.32. The molecule has 0 aliphatic carbocycles. The summed E-state index contributed by atoms with van der Waals surface area (Å²) in [5.41, 5.74) is 0.506. The SMILES string of the molecule is CCn1ccc(C(=O)NCCCN2CCN(C)CC2)n1. The molecule has 1 amide bonds. The number of nitrogens with one attached hydrogen (secondary N) is 1. The summed E-state index contributed by atoms with van der Waals surface area (Å²) in [6.07, 6.45) is 2.82. The lowest BCUT2D eigenvalue weighted by Crippen LogP contribution is -2.45. The molecule has 0 spiro atoms. The molecule has 1 N–H and O–H groups in total. The molecule has 0 atom stereocenters. The molecule has 0 saturated carbocycles. The van der Waals surface area contributed by atoms with Crippen LogP contribution in [0.4, 0.5) is 0 Å². The Kier molecular flexibility index (Phi) is 5.55. The van der Waals surface area contributed by atoms with Crippen molar-refractivity contribution >= 4 is 5.91 Å². The van der Waals surface area contributed by atoms with Crippen LogP contribution < -0.4 is 5.32 Å². The first-order chi connectivity index (χ1) is 9.69. The molecule has 0 aromatic carbocycles. The standard InChI is InChI=1S/C14H25N5O/c1-3-19-8-5-13(16-19)14(20)15-6-4-7-18-11-9-17(2)10-12-18/h5,8H,3-4,6-7,9-12H2,1-2H3,(H,15,20). The Labute approximate surface area is 120 Å². The summed E-state index contributed by atoms with van der Waals surface area (Å²) in [5, 5.41) is 7.13. The van der Waals surface area contributed by atoms with Crippen LogP contribution in [0.25, 0.3) is 0 Å². The van der Waals surface area contributed by atoms with E-state index in [2.05, 4.69) is 27.3 Å². The average molecular weight is 279 g/mol. The zero-order valence-electron chi connectivity index (χ0n) is 12.5. The number of aromatic nitrogens is 2. The number of piperazine rings is 1. The van der Waals surface area contributed by atoms with E-state index in [1.54, 1.807) is 10.7 Å². The molecule has 0 radical (unpaired) electrons. The Morgan fingerprint density at radius 3 is 2.75 bits per heavy atom. The van der Waals surface area contributed by atoms with Crippen LogP contribution in [0.5, 0.6) is 0 Å². The van der Waals surface area contributed by atoms with Crippen LogP contribution in [0.15, 0.2) is 12.3 Å². The Morgan fingerprint density at radius 2 is 2.10 bits per heavy atom. The molecule has 2 heterocycles. The van der Waals surface area contributed by atoms with Crippen molar-refractivity contribution in [2.75, 3.05) is 46.3 Å². The van der Waals surface area contributed by atoms with Gasteiger partial charge in [-0.25, -0.2) is 0 Å². The Hall–Kier alpha value is -1.40. The zero-order chi connectivity index (χ0) is 14.4. The number of hydrogen-bond acceptors (Lipinski definition) is 4. The van der Waals surface area contributed by atoms with Crippen molar-refractivity contribution in [2.24, 2.45) is 0 Å². The molecule has 6 heteroatoms. The van der Waals surface area contributed by atoms with Crippen LogP contribution in [0, 0.1) is 0 Å². The highest BCUT2D eigenvalue weighted by Gasteiger charge is 2.13. The van der Waals surface area contributed by atoms with Crippen molar-refractivity contribution in [1.29, 1.82) is 0 Å². The van der Waals surface area contributed by atoms with Crippen LogP contribution in [-0.4, -0.2) is 71.8 Å². The smallest absolute Gasteiger partial charge is 0.271 e. The second-order valence-corrected chi connectivity index (χ2v) is 5.31. The maximum absolute atomic E-state index is 11.9. The number of nitrogens with zero attached hydrogens (tertiary/aromatic N) is 4. The summed E-state index contributed by atoms with van der Waals surface area (Å²) >= 11 is 0. The van der Waals surface area contributed by atoms with Crippen LogP contribution in [0.1, 0.15) is 23.8 Å². The van der Waals surface area contributed by atoms with E-state index in [9.17, 15) is 4.79 Å². The van der Waals surface area contributed by atoms with Crippen molar-refractivity contribution in [3.63, 3.8) is 0 Å². The van der Waals surface area contributed by atoms with Gasteiger partial charge in [0.2, 0.25) is 0 Å². The third kappa shape index (κ3) is 4.31. The number of carbonyl (C=O) groups excluding carboxylic acids is 1. The predicted octanol–water partition coefficient (Wildman–Crippen LogP) is 0.270. The van der Waals surface area contributed by atoms with Crippen molar-refractivity contribution < 1.29 is 4.79 Å². The highest BCUT2D eigenvalue weighted by atomic mass is 16.1. The van der Waals surface area contributed by atoms with Gasteiger partial charge in [-0.05, 0) is 33.0 Å². The topological polar surface area (TPSA) is 53.4 Å². The first-order valence-electron chi connectivity index (χ1n) is 7.41. The molecule has 0 bridgehead atoms. The molecule has 1 aromatic heterocycles. The van der Waals surface area contributed by atoms with E-state index in [1.807, 2.05) is 13.1 Å². The monoisotopic (exact) mass is 279 g/mol. The number of carbonyl (C=O) groups is 1. The maximum Gasteiger partial charge on any atom is 0.271 e. The number of likely N-dealkylation sites (N-methyl/N-ethyl adjacent to an activating group) is 1. The van der Waals surface area contributed by atoms with E-state index in [4.69, 9.17) is 0 Å². The van der Waals surface area contributed by atoms with Crippen LogP contribution in [-0.2, 0) is 6.54 Å². The summed E-state index contributed by atoms with van der Waals surface area (Å²) in [6, 6.07) is 1.76. The van der Waals surface area contributed by atoms with Gasteiger partial charge in [-0.2, -0.15) is 5.10 Å². The van der Waals surface area contributed by atoms with E-state index in [0.717, 1.165) is 45.7 Å². The first-order valence-corrected chi connectivity index (χ1v) is 7.41. The van der Waals surface area contributed by atoms with Crippen molar-refractivity contribution in [3.8, 4) is 0 Å². The minimum atomic E-state index is -0.0735. The molecule has 20 heavy (non-hydrogen) atoms. The number of amides is 1. The molecule has 1 aromatic rings. The van der Waals surface area contributed by atoms with E-state index < -0.39 is 0 Å². The van der Waals surface area contributed by atoms with Gasteiger partial charge in [0, 0.05) is 45.5 Å². The molecular weight excluding hydrogens is 254 g/mol. The Balaban J connectivity index is 1.62. The lowest BCUT2D eigenvalue weighted by molar-refractivity contribution is 0.0943. The third-order valence-corrected chi connectivity index (χ3v) is 3.73. The first kappa shape index (κ1) is 15.0. The van der Waals surface area contributed by atoms with Gasteiger partial charge in [0.25, 0.3) is 5.91 Å². The fraction of sp³-hybridized carbons (Fsp3) is 0.714. The fourth-order valence-electron chi connectivity index (χ4n) is 2.33. The van der Waals surface area contributed by atoms with Gasteiger partial charge in [0.05, 0.1) is 0 Å². The van der Waals surface area contributed by atoms with Gasteiger partial charge < -0.3 is 15.1 Å². The fourth-order valence-corrected chi connectivity index (χ4v) is 2.33. The summed E-state index contributed by atoms with van der Waals surface area (Å²) < 4.78 is 1.76. The molecule has 1 aliphatic rings. The minimum absolute atomic E-state index is 0.0735. The molecule has 1 fully saturated rings. The zero-order valence-corrected chi connectivity index (χ0v) is 12.5. The number of aryl methyl sites for hydroxylation is 1. The molecule has 1 aliphatic heterocycles. The quantitative estimate of drug-likeness (QED) is 0.760. The molecule has 0 unspecified atom stereocenters. The van der Waals surface area contributed by atoms with Gasteiger partial charge in [0.1, 0.15) is 5.69 Å². The molecule has 1 saturated heterocycles. The summed E-state index contributed by atoms with van der Waals surface area (Å²) in [6.45, 7) is 9.10. The second-order valence-electron chi connectivity index (χ2n) is 5.31. The van der Waals surface area contributed by atoms with E-state index >= 15 is 0 Å².